The number of imide groups is 1. The van der Waals surface area contributed by atoms with Crippen molar-refractivity contribution >= 4 is 17.7 Å². The van der Waals surface area contributed by atoms with Crippen LogP contribution in [-0.4, -0.2) is 28.7 Å². The SMILES string of the molecule is CCC(C(N)=O)N1C(=O)c2ccc(OCc3ccc(F)cc3)cc2C1=O. The number of carbonyl (C=O) groups is 3. The van der Waals surface area contributed by atoms with Crippen LogP contribution in [0.4, 0.5) is 4.39 Å². The van der Waals surface area contributed by atoms with Crippen LogP contribution in [0.3, 0.4) is 0 Å². The summed E-state index contributed by atoms with van der Waals surface area (Å²) in [5.74, 6) is -1.78. The summed E-state index contributed by atoms with van der Waals surface area (Å²) in [6.45, 7) is 1.86. The van der Waals surface area contributed by atoms with Gasteiger partial charge in [0.25, 0.3) is 11.8 Å². The lowest BCUT2D eigenvalue weighted by atomic mass is 10.1. The summed E-state index contributed by atoms with van der Waals surface area (Å²) in [6, 6.07) is 9.39. The Morgan fingerprint density at radius 3 is 2.38 bits per heavy atom. The van der Waals surface area contributed by atoms with Crippen molar-refractivity contribution in [2.75, 3.05) is 0 Å². The topological polar surface area (TPSA) is 89.7 Å². The highest BCUT2D eigenvalue weighted by molar-refractivity contribution is 6.23. The summed E-state index contributed by atoms with van der Waals surface area (Å²) >= 11 is 0. The Balaban J connectivity index is 1.80. The first-order valence-electron chi connectivity index (χ1n) is 8.11. The van der Waals surface area contributed by atoms with E-state index in [1.165, 1.54) is 24.3 Å². The maximum atomic E-state index is 12.9. The van der Waals surface area contributed by atoms with Crippen molar-refractivity contribution in [1.82, 2.24) is 4.90 Å². The zero-order valence-electron chi connectivity index (χ0n) is 14.1. The van der Waals surface area contributed by atoms with Gasteiger partial charge in [0.05, 0.1) is 11.1 Å². The van der Waals surface area contributed by atoms with Gasteiger partial charge < -0.3 is 10.5 Å². The van der Waals surface area contributed by atoms with E-state index in [0.717, 1.165) is 10.5 Å². The van der Waals surface area contributed by atoms with E-state index in [4.69, 9.17) is 10.5 Å². The van der Waals surface area contributed by atoms with E-state index in [2.05, 4.69) is 0 Å². The van der Waals surface area contributed by atoms with Gasteiger partial charge in [0.15, 0.2) is 0 Å². The number of ether oxygens (including phenoxy) is 1. The van der Waals surface area contributed by atoms with Gasteiger partial charge in [0.1, 0.15) is 24.2 Å². The fourth-order valence-electron chi connectivity index (χ4n) is 2.87. The van der Waals surface area contributed by atoms with Crippen LogP contribution in [0, 0.1) is 5.82 Å². The second kappa shape index (κ2) is 6.95. The molecule has 0 aromatic heterocycles. The van der Waals surface area contributed by atoms with Crippen molar-refractivity contribution in [1.29, 1.82) is 0 Å². The summed E-state index contributed by atoms with van der Waals surface area (Å²) in [6.07, 6.45) is 0.245. The van der Waals surface area contributed by atoms with E-state index in [-0.39, 0.29) is 30.0 Å². The number of hydrogen-bond acceptors (Lipinski definition) is 4. The van der Waals surface area contributed by atoms with Crippen LogP contribution in [-0.2, 0) is 11.4 Å². The lowest BCUT2D eigenvalue weighted by Crippen LogP contribution is -2.47. The molecule has 0 aliphatic carbocycles. The van der Waals surface area contributed by atoms with Crippen LogP contribution < -0.4 is 10.5 Å². The van der Waals surface area contributed by atoms with Crippen molar-refractivity contribution in [3.63, 3.8) is 0 Å². The molecule has 26 heavy (non-hydrogen) atoms. The quantitative estimate of drug-likeness (QED) is 0.804. The van der Waals surface area contributed by atoms with Gasteiger partial charge in [-0.25, -0.2) is 4.39 Å². The van der Waals surface area contributed by atoms with Gasteiger partial charge in [-0.1, -0.05) is 19.1 Å². The number of benzene rings is 2. The summed E-state index contributed by atoms with van der Waals surface area (Å²) in [7, 11) is 0. The number of amides is 3. The Hall–Kier alpha value is -3.22. The minimum atomic E-state index is -0.981. The minimum Gasteiger partial charge on any atom is -0.489 e. The predicted octanol–water partition coefficient (Wildman–Crippen LogP) is 2.26. The lowest BCUT2D eigenvalue weighted by molar-refractivity contribution is -0.121. The molecule has 1 unspecified atom stereocenters. The molecule has 7 heteroatoms. The van der Waals surface area contributed by atoms with Gasteiger partial charge in [-0.15, -0.1) is 0 Å². The average Bonchev–Trinajstić information content (AvgIpc) is 2.86. The molecule has 3 amide bonds. The molecule has 2 aromatic rings. The second-order valence-electron chi connectivity index (χ2n) is 5.93. The van der Waals surface area contributed by atoms with Gasteiger partial charge in [-0.05, 0) is 42.3 Å². The van der Waals surface area contributed by atoms with Gasteiger partial charge in [-0.3, -0.25) is 19.3 Å². The van der Waals surface area contributed by atoms with Crippen LogP contribution in [0.1, 0.15) is 39.6 Å². The Morgan fingerprint density at radius 1 is 1.12 bits per heavy atom. The number of nitrogens with two attached hydrogens (primary N) is 1. The van der Waals surface area contributed by atoms with Crippen molar-refractivity contribution in [3.8, 4) is 5.75 Å². The van der Waals surface area contributed by atoms with E-state index in [1.54, 1.807) is 25.1 Å². The van der Waals surface area contributed by atoms with Crippen molar-refractivity contribution in [2.45, 2.75) is 26.0 Å². The van der Waals surface area contributed by atoms with Crippen LogP contribution in [0.25, 0.3) is 0 Å². The molecule has 1 aliphatic rings. The summed E-state index contributed by atoms with van der Waals surface area (Å²) in [4.78, 5) is 37.5. The Morgan fingerprint density at radius 2 is 1.77 bits per heavy atom. The number of primary amides is 1. The zero-order chi connectivity index (χ0) is 18.8. The van der Waals surface area contributed by atoms with Crippen molar-refractivity contribution < 1.29 is 23.5 Å². The van der Waals surface area contributed by atoms with E-state index in [9.17, 15) is 18.8 Å². The number of rotatable bonds is 6. The molecule has 3 rings (SSSR count). The fraction of sp³-hybridized carbons (Fsp3) is 0.211. The fourth-order valence-corrected chi connectivity index (χ4v) is 2.87. The molecule has 0 bridgehead atoms. The largest absolute Gasteiger partial charge is 0.489 e. The predicted molar refractivity (Wildman–Crippen MR) is 90.9 cm³/mol. The second-order valence-corrected chi connectivity index (χ2v) is 5.93. The highest BCUT2D eigenvalue weighted by Gasteiger charge is 2.41. The van der Waals surface area contributed by atoms with Gasteiger partial charge >= 0.3 is 0 Å². The third-order valence-corrected chi connectivity index (χ3v) is 4.24. The van der Waals surface area contributed by atoms with E-state index >= 15 is 0 Å². The zero-order valence-corrected chi connectivity index (χ0v) is 14.1. The molecule has 0 fully saturated rings. The van der Waals surface area contributed by atoms with E-state index in [0.29, 0.717) is 5.75 Å². The highest BCUT2D eigenvalue weighted by Crippen LogP contribution is 2.29. The first-order valence-corrected chi connectivity index (χ1v) is 8.11. The standard InChI is InChI=1S/C19H17FN2O4/c1-2-16(17(21)23)22-18(24)14-8-7-13(9-15(14)19(22)25)26-10-11-3-5-12(20)6-4-11/h3-9,16H,2,10H2,1H3,(H2,21,23). The van der Waals surface area contributed by atoms with Crippen molar-refractivity contribution in [2.24, 2.45) is 5.73 Å². The molecule has 0 spiro atoms. The molecule has 0 saturated heterocycles. The molecular formula is C19H17FN2O4. The molecule has 0 saturated carbocycles. The lowest BCUT2D eigenvalue weighted by Gasteiger charge is -2.21. The maximum Gasteiger partial charge on any atom is 0.262 e. The number of hydrogen-bond donors (Lipinski definition) is 1. The molecule has 0 radical (unpaired) electrons. The molecule has 2 aromatic carbocycles. The Kier molecular flexibility index (Phi) is 4.71. The highest BCUT2D eigenvalue weighted by atomic mass is 19.1. The molecule has 134 valence electrons. The Bertz CT molecular complexity index is 880. The maximum absolute atomic E-state index is 12.9. The van der Waals surface area contributed by atoms with Crippen LogP contribution >= 0.6 is 0 Å². The van der Waals surface area contributed by atoms with Crippen molar-refractivity contribution in [3.05, 3.63) is 65.0 Å². The van der Waals surface area contributed by atoms with Gasteiger partial charge in [0.2, 0.25) is 5.91 Å². The Labute approximate surface area is 149 Å². The smallest absolute Gasteiger partial charge is 0.262 e. The van der Waals surface area contributed by atoms with Gasteiger partial charge in [0, 0.05) is 0 Å². The number of fused-ring (bicyclic) bond motifs is 1. The third-order valence-electron chi connectivity index (χ3n) is 4.24. The van der Waals surface area contributed by atoms with Crippen LogP contribution in [0.2, 0.25) is 0 Å². The first kappa shape index (κ1) is 17.6. The monoisotopic (exact) mass is 356 g/mol. The molecule has 1 heterocycles. The molecule has 6 nitrogen and oxygen atoms in total. The summed E-state index contributed by atoms with van der Waals surface area (Å²) < 4.78 is 18.5. The summed E-state index contributed by atoms with van der Waals surface area (Å²) in [5.41, 5.74) is 6.45. The number of nitrogens with zero attached hydrogens (tertiary/aromatic N) is 1. The molecule has 1 atom stereocenters. The van der Waals surface area contributed by atoms with E-state index in [1.807, 2.05) is 0 Å². The van der Waals surface area contributed by atoms with Crippen LogP contribution in [0.5, 0.6) is 5.75 Å². The number of carbonyl (C=O) groups excluding carboxylic acids is 3. The first-order chi connectivity index (χ1) is 12.4. The van der Waals surface area contributed by atoms with Crippen LogP contribution in [0.15, 0.2) is 42.5 Å². The van der Waals surface area contributed by atoms with E-state index < -0.39 is 23.8 Å². The summed E-state index contributed by atoms with van der Waals surface area (Å²) in [5, 5.41) is 0. The molecule has 2 N–H and O–H groups in total. The molecular weight excluding hydrogens is 339 g/mol. The normalized spacial score (nSPS) is 14.3. The van der Waals surface area contributed by atoms with Gasteiger partial charge in [-0.2, -0.15) is 0 Å². The minimum absolute atomic E-state index is 0.173. The third kappa shape index (κ3) is 3.15. The molecule has 1 aliphatic heterocycles. The number of halogens is 1. The average molecular weight is 356 g/mol.